The molecule has 1 aromatic rings. The molecule has 0 heterocycles. The number of aryl methyl sites for hydroxylation is 1. The SMILES string of the molecule is CCNC(COC)c1cccc(C)c1Cl. The fourth-order valence-electron chi connectivity index (χ4n) is 1.61. The van der Waals surface area contributed by atoms with Crippen LogP contribution in [-0.2, 0) is 4.74 Å². The molecule has 1 aromatic carbocycles. The van der Waals surface area contributed by atoms with Crippen molar-refractivity contribution in [2.45, 2.75) is 19.9 Å². The van der Waals surface area contributed by atoms with Gasteiger partial charge in [-0.1, -0.05) is 36.7 Å². The van der Waals surface area contributed by atoms with Crippen molar-refractivity contribution in [3.05, 3.63) is 34.3 Å². The summed E-state index contributed by atoms with van der Waals surface area (Å²) in [7, 11) is 1.70. The van der Waals surface area contributed by atoms with Crippen molar-refractivity contribution in [3.8, 4) is 0 Å². The van der Waals surface area contributed by atoms with Crippen molar-refractivity contribution in [1.82, 2.24) is 5.32 Å². The first-order valence-corrected chi connectivity index (χ1v) is 5.55. The lowest BCUT2D eigenvalue weighted by Crippen LogP contribution is -2.25. The Morgan fingerprint density at radius 3 is 2.80 bits per heavy atom. The van der Waals surface area contributed by atoms with Crippen molar-refractivity contribution in [2.75, 3.05) is 20.3 Å². The summed E-state index contributed by atoms with van der Waals surface area (Å²) in [6, 6.07) is 6.26. The first kappa shape index (κ1) is 12.5. The van der Waals surface area contributed by atoms with Crippen LogP contribution in [-0.4, -0.2) is 20.3 Å². The standard InChI is InChI=1S/C12H18ClNO/c1-4-14-11(8-15-3)10-7-5-6-9(2)12(10)13/h5-7,11,14H,4,8H2,1-3H3. The number of methoxy groups -OCH3 is 1. The third-order valence-corrected chi connectivity index (χ3v) is 2.90. The molecular weight excluding hydrogens is 210 g/mol. The lowest BCUT2D eigenvalue weighted by molar-refractivity contribution is 0.168. The average Bonchev–Trinajstić information content (AvgIpc) is 2.22. The Bertz CT molecular complexity index is 308. The summed E-state index contributed by atoms with van der Waals surface area (Å²) in [6.45, 7) is 5.63. The first-order valence-electron chi connectivity index (χ1n) is 5.18. The number of hydrogen-bond acceptors (Lipinski definition) is 2. The van der Waals surface area contributed by atoms with E-state index in [1.165, 1.54) is 0 Å². The Hall–Kier alpha value is -0.570. The fraction of sp³-hybridized carbons (Fsp3) is 0.500. The van der Waals surface area contributed by atoms with E-state index < -0.39 is 0 Å². The van der Waals surface area contributed by atoms with Crippen LogP contribution in [0.5, 0.6) is 0 Å². The highest BCUT2D eigenvalue weighted by Crippen LogP contribution is 2.26. The van der Waals surface area contributed by atoms with Gasteiger partial charge in [0.05, 0.1) is 12.6 Å². The molecule has 0 aliphatic heterocycles. The summed E-state index contributed by atoms with van der Waals surface area (Å²) in [6.07, 6.45) is 0. The molecular formula is C12H18ClNO. The van der Waals surface area contributed by atoms with E-state index in [2.05, 4.69) is 12.2 Å². The minimum absolute atomic E-state index is 0.174. The molecule has 1 N–H and O–H groups in total. The topological polar surface area (TPSA) is 21.3 Å². The highest BCUT2D eigenvalue weighted by atomic mass is 35.5. The summed E-state index contributed by atoms with van der Waals surface area (Å²) >= 11 is 6.26. The van der Waals surface area contributed by atoms with E-state index in [4.69, 9.17) is 16.3 Å². The van der Waals surface area contributed by atoms with Gasteiger partial charge in [-0.3, -0.25) is 0 Å². The van der Waals surface area contributed by atoms with Gasteiger partial charge < -0.3 is 10.1 Å². The van der Waals surface area contributed by atoms with Crippen LogP contribution in [0.2, 0.25) is 5.02 Å². The van der Waals surface area contributed by atoms with E-state index in [1.807, 2.05) is 25.1 Å². The molecule has 0 fully saturated rings. The van der Waals surface area contributed by atoms with Crippen molar-refractivity contribution >= 4 is 11.6 Å². The minimum Gasteiger partial charge on any atom is -0.383 e. The Morgan fingerprint density at radius 1 is 1.47 bits per heavy atom. The van der Waals surface area contributed by atoms with Gasteiger partial charge in [0.25, 0.3) is 0 Å². The number of nitrogens with one attached hydrogen (secondary N) is 1. The fourth-order valence-corrected chi connectivity index (χ4v) is 1.87. The van der Waals surface area contributed by atoms with Crippen LogP contribution in [0.1, 0.15) is 24.1 Å². The smallest absolute Gasteiger partial charge is 0.0658 e. The van der Waals surface area contributed by atoms with E-state index in [1.54, 1.807) is 7.11 Å². The Labute approximate surface area is 96.6 Å². The largest absolute Gasteiger partial charge is 0.383 e. The second-order valence-corrected chi connectivity index (χ2v) is 3.92. The molecule has 0 saturated carbocycles. The number of rotatable bonds is 5. The Balaban J connectivity index is 2.94. The van der Waals surface area contributed by atoms with Gasteiger partial charge >= 0.3 is 0 Å². The van der Waals surface area contributed by atoms with Gasteiger partial charge in [-0.05, 0) is 24.6 Å². The van der Waals surface area contributed by atoms with Gasteiger partial charge in [-0.25, -0.2) is 0 Å². The highest BCUT2D eigenvalue weighted by Gasteiger charge is 2.14. The van der Waals surface area contributed by atoms with Crippen molar-refractivity contribution < 1.29 is 4.74 Å². The van der Waals surface area contributed by atoms with Crippen LogP contribution in [0.15, 0.2) is 18.2 Å². The number of halogens is 1. The average molecular weight is 228 g/mol. The lowest BCUT2D eigenvalue weighted by Gasteiger charge is -2.19. The summed E-state index contributed by atoms with van der Waals surface area (Å²) in [5.41, 5.74) is 2.22. The molecule has 0 bridgehead atoms. The molecule has 3 heteroatoms. The summed E-state index contributed by atoms with van der Waals surface area (Å²) in [5.74, 6) is 0. The van der Waals surface area contributed by atoms with E-state index in [9.17, 15) is 0 Å². The van der Waals surface area contributed by atoms with Gasteiger partial charge in [0.15, 0.2) is 0 Å². The molecule has 0 radical (unpaired) electrons. The van der Waals surface area contributed by atoms with Gasteiger partial charge in [-0.2, -0.15) is 0 Å². The number of likely N-dealkylation sites (N-methyl/N-ethyl adjacent to an activating group) is 1. The molecule has 0 amide bonds. The van der Waals surface area contributed by atoms with Crippen LogP contribution in [0.25, 0.3) is 0 Å². The third kappa shape index (κ3) is 3.20. The maximum Gasteiger partial charge on any atom is 0.0658 e. The Morgan fingerprint density at radius 2 is 2.20 bits per heavy atom. The lowest BCUT2D eigenvalue weighted by atomic mass is 10.0. The molecule has 1 rings (SSSR count). The Kier molecular flexibility index (Phi) is 5.09. The zero-order chi connectivity index (χ0) is 11.3. The van der Waals surface area contributed by atoms with Crippen LogP contribution >= 0.6 is 11.6 Å². The molecule has 1 atom stereocenters. The zero-order valence-corrected chi connectivity index (χ0v) is 10.3. The maximum absolute atomic E-state index is 6.26. The molecule has 0 aromatic heterocycles. The second kappa shape index (κ2) is 6.11. The van der Waals surface area contributed by atoms with Crippen LogP contribution in [0.4, 0.5) is 0 Å². The van der Waals surface area contributed by atoms with Crippen LogP contribution < -0.4 is 5.32 Å². The summed E-state index contributed by atoms with van der Waals surface area (Å²) in [5, 5.41) is 4.19. The van der Waals surface area contributed by atoms with Gasteiger partial charge in [0.2, 0.25) is 0 Å². The number of benzene rings is 1. The minimum atomic E-state index is 0.174. The van der Waals surface area contributed by atoms with Crippen LogP contribution in [0.3, 0.4) is 0 Å². The summed E-state index contributed by atoms with van der Waals surface area (Å²) < 4.78 is 5.18. The highest BCUT2D eigenvalue weighted by molar-refractivity contribution is 6.32. The maximum atomic E-state index is 6.26. The van der Waals surface area contributed by atoms with Gasteiger partial charge in [0, 0.05) is 12.1 Å². The molecule has 2 nitrogen and oxygen atoms in total. The van der Waals surface area contributed by atoms with E-state index in [0.29, 0.717) is 6.61 Å². The predicted molar refractivity (Wildman–Crippen MR) is 64.5 cm³/mol. The quantitative estimate of drug-likeness (QED) is 0.835. The molecule has 0 aliphatic rings. The van der Waals surface area contributed by atoms with Gasteiger partial charge in [-0.15, -0.1) is 0 Å². The molecule has 0 aliphatic carbocycles. The number of ether oxygens (including phenoxy) is 1. The first-order chi connectivity index (χ1) is 7.20. The third-order valence-electron chi connectivity index (χ3n) is 2.38. The monoisotopic (exact) mass is 227 g/mol. The van der Waals surface area contributed by atoms with Gasteiger partial charge in [0.1, 0.15) is 0 Å². The van der Waals surface area contributed by atoms with Crippen molar-refractivity contribution in [2.24, 2.45) is 0 Å². The molecule has 0 spiro atoms. The van der Waals surface area contributed by atoms with E-state index >= 15 is 0 Å². The van der Waals surface area contributed by atoms with E-state index in [-0.39, 0.29) is 6.04 Å². The molecule has 1 unspecified atom stereocenters. The van der Waals surface area contributed by atoms with E-state index in [0.717, 1.165) is 22.7 Å². The second-order valence-electron chi connectivity index (χ2n) is 3.54. The molecule has 0 saturated heterocycles. The van der Waals surface area contributed by atoms with Crippen molar-refractivity contribution in [3.63, 3.8) is 0 Å². The number of hydrogen-bond donors (Lipinski definition) is 1. The molecule has 84 valence electrons. The normalized spacial score (nSPS) is 12.8. The zero-order valence-electron chi connectivity index (χ0n) is 9.51. The molecule has 15 heavy (non-hydrogen) atoms. The van der Waals surface area contributed by atoms with Crippen LogP contribution in [0, 0.1) is 6.92 Å². The predicted octanol–water partition coefficient (Wildman–Crippen LogP) is 2.95. The summed E-state index contributed by atoms with van der Waals surface area (Å²) in [4.78, 5) is 0. The van der Waals surface area contributed by atoms with Crippen molar-refractivity contribution in [1.29, 1.82) is 0 Å².